The van der Waals surface area contributed by atoms with Crippen molar-refractivity contribution in [1.82, 2.24) is 36.1 Å². The second-order valence-corrected chi connectivity index (χ2v) is 16.0. The van der Waals surface area contributed by atoms with E-state index < -0.39 is 42.2 Å². The Kier molecular flexibility index (Phi) is 23.0. The maximum atomic E-state index is 14.1. The van der Waals surface area contributed by atoms with Gasteiger partial charge in [-0.2, -0.15) is 0 Å². The molecule has 0 spiro atoms. The van der Waals surface area contributed by atoms with Gasteiger partial charge in [-0.3, -0.25) is 33.7 Å². The molecule has 2 saturated heterocycles. The number of hydrogen-bond acceptors (Lipinski definition) is 10. The zero-order valence-electron chi connectivity index (χ0n) is 37.2. The number of likely N-dealkylation sites (N-methyl/N-ethyl adjacent to an activating group) is 1. The first-order valence-corrected chi connectivity index (χ1v) is 21.2. The summed E-state index contributed by atoms with van der Waals surface area (Å²) >= 11 is 0. The lowest BCUT2D eigenvalue weighted by Crippen LogP contribution is -2.57. The number of benzene rings is 1. The van der Waals surface area contributed by atoms with Crippen LogP contribution in [0.15, 0.2) is 30.3 Å². The summed E-state index contributed by atoms with van der Waals surface area (Å²) in [5.41, 5.74) is 3.20. The summed E-state index contributed by atoms with van der Waals surface area (Å²) in [4.78, 5) is 78.1. The maximum Gasteiger partial charge on any atom is 0.266 e. The summed E-state index contributed by atoms with van der Waals surface area (Å²) in [5.74, 6) is -2.11. The monoisotopic (exact) mass is 818 g/mol. The van der Waals surface area contributed by atoms with Gasteiger partial charge < -0.3 is 35.2 Å². The number of hydrogen-bond donors (Lipinski definition) is 4. The first kappa shape index (κ1) is 50.5. The third-order valence-electron chi connectivity index (χ3n) is 11.3. The Morgan fingerprint density at radius 2 is 1.53 bits per heavy atom. The molecule has 8 unspecified atom stereocenters. The highest BCUT2D eigenvalue weighted by atomic mass is 16.6. The fourth-order valence-corrected chi connectivity index (χ4v) is 8.10. The molecule has 15 heteroatoms. The number of nitrogens with zero attached hydrogens (tertiary/aromatic N) is 3. The molecule has 5 amide bonds. The Morgan fingerprint density at radius 3 is 2.09 bits per heavy atom. The number of methoxy groups -OCH3 is 2. The zero-order valence-corrected chi connectivity index (χ0v) is 37.2. The van der Waals surface area contributed by atoms with E-state index in [2.05, 4.69) is 40.2 Å². The fourth-order valence-electron chi connectivity index (χ4n) is 8.10. The largest absolute Gasteiger partial charge is 0.379 e. The summed E-state index contributed by atoms with van der Waals surface area (Å²) in [5, 5.41) is 9.08. The Labute approximate surface area is 348 Å². The standard InChI is InChI=1S/C40H67N7O8.C3H8/c1-10-27(4)36(45(6)34(49)25-42-40(52)35(26(2)3)46-21-18-41-19-22-46)32(53-7)24-33(48)47-20-14-17-31(47)37(54-8)28(5)38(50)43-30(39(51)44-55-9)23-29-15-12-11-13-16-29;1-3-2/h11-13,15-16,26-28,30-32,35-37,41H,10,14,17-25H2,1-9H3,(H,42,52)(H,43,50)(H,44,51);3H2,1-2H3. The molecule has 0 bridgehead atoms. The number of rotatable bonds is 21. The molecule has 2 aliphatic rings. The van der Waals surface area contributed by atoms with Gasteiger partial charge in [-0.25, -0.2) is 5.48 Å². The van der Waals surface area contributed by atoms with Crippen LogP contribution in [0.25, 0.3) is 0 Å². The zero-order chi connectivity index (χ0) is 43.4. The Bertz CT molecular complexity index is 1400. The van der Waals surface area contributed by atoms with Crippen molar-refractivity contribution in [1.29, 1.82) is 0 Å². The van der Waals surface area contributed by atoms with E-state index in [4.69, 9.17) is 14.3 Å². The molecule has 15 nitrogen and oxygen atoms in total. The number of carbonyl (C=O) groups excluding carboxylic acids is 5. The molecule has 0 aliphatic carbocycles. The molecule has 1 aromatic carbocycles. The summed E-state index contributed by atoms with van der Waals surface area (Å²) in [7, 11) is 6.11. The third-order valence-corrected chi connectivity index (χ3v) is 11.3. The van der Waals surface area contributed by atoms with E-state index in [1.165, 1.54) is 20.6 Å². The number of hydroxylamine groups is 1. The predicted molar refractivity (Wildman–Crippen MR) is 225 cm³/mol. The van der Waals surface area contributed by atoms with Crippen molar-refractivity contribution in [3.05, 3.63) is 35.9 Å². The van der Waals surface area contributed by atoms with Crippen molar-refractivity contribution in [2.24, 2.45) is 17.8 Å². The minimum atomic E-state index is -0.895. The van der Waals surface area contributed by atoms with E-state index in [0.717, 1.165) is 44.6 Å². The highest BCUT2D eigenvalue weighted by molar-refractivity contribution is 5.89. The molecule has 8 atom stereocenters. The van der Waals surface area contributed by atoms with Crippen LogP contribution < -0.4 is 21.4 Å². The van der Waals surface area contributed by atoms with Gasteiger partial charge in [0.1, 0.15) is 6.04 Å². The van der Waals surface area contributed by atoms with Gasteiger partial charge in [0.15, 0.2) is 0 Å². The molecule has 330 valence electrons. The van der Waals surface area contributed by atoms with Crippen LogP contribution in [-0.4, -0.2) is 148 Å². The van der Waals surface area contributed by atoms with Gasteiger partial charge in [0.05, 0.1) is 56.3 Å². The van der Waals surface area contributed by atoms with Crippen LogP contribution in [0, 0.1) is 17.8 Å². The van der Waals surface area contributed by atoms with Gasteiger partial charge in [0.2, 0.25) is 23.6 Å². The van der Waals surface area contributed by atoms with Gasteiger partial charge in [-0.05, 0) is 30.2 Å². The van der Waals surface area contributed by atoms with E-state index in [1.807, 2.05) is 58.0 Å². The number of amides is 5. The number of nitrogens with one attached hydrogen (secondary N) is 4. The highest BCUT2D eigenvalue weighted by Gasteiger charge is 2.42. The van der Waals surface area contributed by atoms with Crippen molar-refractivity contribution in [2.45, 2.75) is 123 Å². The van der Waals surface area contributed by atoms with Crippen molar-refractivity contribution in [2.75, 3.05) is 67.6 Å². The smallest absolute Gasteiger partial charge is 0.266 e. The van der Waals surface area contributed by atoms with E-state index in [1.54, 1.807) is 30.9 Å². The molecule has 0 saturated carbocycles. The van der Waals surface area contributed by atoms with Crippen LogP contribution in [0.5, 0.6) is 0 Å². The first-order valence-electron chi connectivity index (χ1n) is 21.2. The first-order chi connectivity index (χ1) is 27.7. The number of piperazine rings is 1. The lowest BCUT2D eigenvalue weighted by Gasteiger charge is -2.39. The third kappa shape index (κ3) is 14.9. The Hall–Kier alpha value is -3.63. The summed E-state index contributed by atoms with van der Waals surface area (Å²) in [6.45, 7) is 17.6. The van der Waals surface area contributed by atoms with Crippen LogP contribution in [0.3, 0.4) is 0 Å². The molecule has 0 aromatic heterocycles. The normalized spacial score (nSPS) is 19.4. The number of likely N-dealkylation sites (tertiary alicyclic amines) is 1. The van der Waals surface area contributed by atoms with E-state index >= 15 is 0 Å². The Morgan fingerprint density at radius 1 is 0.897 bits per heavy atom. The molecule has 58 heavy (non-hydrogen) atoms. The van der Waals surface area contributed by atoms with Gasteiger partial charge in [-0.15, -0.1) is 0 Å². The van der Waals surface area contributed by atoms with Gasteiger partial charge in [0.25, 0.3) is 5.91 Å². The molecule has 2 aliphatic heterocycles. The number of carbonyl (C=O) groups is 5. The minimum absolute atomic E-state index is 0.0117. The molecular formula is C43H75N7O8. The Balaban J connectivity index is 0.00000374. The van der Waals surface area contributed by atoms with Crippen LogP contribution in [0.4, 0.5) is 0 Å². The van der Waals surface area contributed by atoms with Crippen LogP contribution >= 0.6 is 0 Å². The van der Waals surface area contributed by atoms with Gasteiger partial charge >= 0.3 is 0 Å². The summed E-state index contributed by atoms with van der Waals surface area (Å²) in [6, 6.07) is 7.30. The summed E-state index contributed by atoms with van der Waals surface area (Å²) in [6.07, 6.45) is 2.34. The molecule has 1 aromatic rings. The highest BCUT2D eigenvalue weighted by Crippen LogP contribution is 2.29. The second kappa shape index (κ2) is 26.5. The van der Waals surface area contributed by atoms with Crippen LogP contribution in [0.1, 0.15) is 86.1 Å². The number of ether oxygens (including phenoxy) is 2. The van der Waals surface area contributed by atoms with Gasteiger partial charge in [-0.1, -0.05) is 91.6 Å². The lowest BCUT2D eigenvalue weighted by molar-refractivity contribution is -0.146. The fraction of sp³-hybridized carbons (Fsp3) is 0.744. The average Bonchev–Trinajstić information content (AvgIpc) is 3.70. The molecule has 3 rings (SSSR count). The molecule has 2 heterocycles. The van der Waals surface area contributed by atoms with Crippen LogP contribution in [0.2, 0.25) is 0 Å². The molecular weight excluding hydrogens is 743 g/mol. The molecule has 0 radical (unpaired) electrons. The SMILES string of the molecule is CCC.CCC(C)C(C(CC(=O)N1CCCC1C(OC)C(C)C(=O)NC(Cc1ccccc1)C(=O)NOC)OC)N(C)C(=O)CNC(=O)C(C(C)C)N1CCNCC1. The van der Waals surface area contributed by atoms with Crippen LogP contribution in [-0.2, 0) is 44.7 Å². The average molecular weight is 818 g/mol. The quantitative estimate of drug-likeness (QED) is 0.135. The van der Waals surface area contributed by atoms with Crippen molar-refractivity contribution in [3.8, 4) is 0 Å². The van der Waals surface area contributed by atoms with E-state index in [0.29, 0.717) is 13.0 Å². The maximum absolute atomic E-state index is 14.1. The lowest BCUT2D eigenvalue weighted by atomic mass is 9.90. The van der Waals surface area contributed by atoms with Gasteiger partial charge in [0, 0.05) is 60.4 Å². The van der Waals surface area contributed by atoms with E-state index in [-0.39, 0.29) is 60.9 Å². The molecule has 2 fully saturated rings. The minimum Gasteiger partial charge on any atom is -0.379 e. The van der Waals surface area contributed by atoms with Crippen molar-refractivity contribution in [3.63, 3.8) is 0 Å². The van der Waals surface area contributed by atoms with E-state index in [9.17, 15) is 24.0 Å². The van der Waals surface area contributed by atoms with Crippen molar-refractivity contribution >= 4 is 29.5 Å². The van der Waals surface area contributed by atoms with Crippen molar-refractivity contribution < 1.29 is 38.3 Å². The summed E-state index contributed by atoms with van der Waals surface area (Å²) < 4.78 is 11.9. The molecule has 4 N–H and O–H groups in total. The topological polar surface area (TPSA) is 171 Å². The second-order valence-electron chi connectivity index (χ2n) is 16.0. The predicted octanol–water partition coefficient (Wildman–Crippen LogP) is 2.77.